The zero-order valence-electron chi connectivity index (χ0n) is 14.1. The van der Waals surface area contributed by atoms with Gasteiger partial charge in [-0.25, -0.2) is 0 Å². The molecule has 0 saturated heterocycles. The zero-order chi connectivity index (χ0) is 15.9. The Morgan fingerprint density at radius 1 is 1.09 bits per heavy atom. The van der Waals surface area contributed by atoms with E-state index in [-0.39, 0.29) is 0 Å². The van der Waals surface area contributed by atoms with Crippen LogP contribution in [0.4, 0.5) is 0 Å². The van der Waals surface area contributed by atoms with Gasteiger partial charge in [-0.15, -0.1) is 0 Å². The number of nitrogens with one attached hydrogen (secondary N) is 1. The lowest BCUT2D eigenvalue weighted by Crippen LogP contribution is -2.44. The van der Waals surface area contributed by atoms with E-state index in [9.17, 15) is 0 Å². The highest BCUT2D eigenvalue weighted by molar-refractivity contribution is 5.48. The molecule has 0 radical (unpaired) electrons. The van der Waals surface area contributed by atoms with Crippen molar-refractivity contribution in [2.75, 3.05) is 13.7 Å². The molecule has 23 heavy (non-hydrogen) atoms. The SMILES string of the molecule is COc1ccc2c(c1)C1(CCCC1)CNC2c1cccc(C)c1. The summed E-state index contributed by atoms with van der Waals surface area (Å²) in [4.78, 5) is 0. The van der Waals surface area contributed by atoms with Gasteiger partial charge in [0.15, 0.2) is 0 Å². The molecule has 1 atom stereocenters. The third-order valence-electron chi connectivity index (χ3n) is 5.72. The van der Waals surface area contributed by atoms with Crippen LogP contribution in [0.5, 0.6) is 5.75 Å². The average molecular weight is 307 g/mol. The van der Waals surface area contributed by atoms with Gasteiger partial charge in [0.05, 0.1) is 13.2 Å². The third kappa shape index (κ3) is 2.46. The first-order valence-electron chi connectivity index (χ1n) is 8.70. The number of aryl methyl sites for hydroxylation is 1. The lowest BCUT2D eigenvalue weighted by molar-refractivity contribution is 0.352. The zero-order valence-corrected chi connectivity index (χ0v) is 14.1. The van der Waals surface area contributed by atoms with Crippen molar-refractivity contribution >= 4 is 0 Å². The fourth-order valence-corrected chi connectivity index (χ4v) is 4.52. The summed E-state index contributed by atoms with van der Waals surface area (Å²) in [5, 5.41) is 3.85. The number of rotatable bonds is 2. The van der Waals surface area contributed by atoms with Gasteiger partial charge in [0, 0.05) is 12.0 Å². The highest BCUT2D eigenvalue weighted by Gasteiger charge is 2.42. The average Bonchev–Trinajstić information content (AvgIpc) is 3.04. The van der Waals surface area contributed by atoms with E-state index in [1.54, 1.807) is 7.11 Å². The normalized spacial score (nSPS) is 22.1. The van der Waals surface area contributed by atoms with Crippen molar-refractivity contribution in [3.8, 4) is 5.75 Å². The Morgan fingerprint density at radius 2 is 1.91 bits per heavy atom. The van der Waals surface area contributed by atoms with E-state index in [0.717, 1.165) is 12.3 Å². The van der Waals surface area contributed by atoms with Crippen molar-refractivity contribution in [2.24, 2.45) is 0 Å². The first kappa shape index (κ1) is 14.8. The van der Waals surface area contributed by atoms with Gasteiger partial charge in [-0.05, 0) is 48.6 Å². The van der Waals surface area contributed by atoms with Crippen molar-refractivity contribution in [2.45, 2.75) is 44.1 Å². The van der Waals surface area contributed by atoms with E-state index in [0.29, 0.717) is 11.5 Å². The molecule has 0 bridgehead atoms. The molecule has 1 saturated carbocycles. The second-order valence-electron chi connectivity index (χ2n) is 7.17. The van der Waals surface area contributed by atoms with Crippen LogP contribution in [0.3, 0.4) is 0 Å². The molecule has 2 aromatic rings. The van der Waals surface area contributed by atoms with Crippen LogP contribution in [0.1, 0.15) is 54.0 Å². The maximum Gasteiger partial charge on any atom is 0.119 e. The fourth-order valence-electron chi connectivity index (χ4n) is 4.52. The molecule has 1 spiro atoms. The molecule has 1 N–H and O–H groups in total. The molecule has 2 heteroatoms. The van der Waals surface area contributed by atoms with Gasteiger partial charge in [-0.1, -0.05) is 48.7 Å². The summed E-state index contributed by atoms with van der Waals surface area (Å²) in [6.45, 7) is 3.24. The Bertz CT molecular complexity index is 716. The van der Waals surface area contributed by atoms with Crippen LogP contribution in [0, 0.1) is 6.92 Å². The highest BCUT2D eigenvalue weighted by Crippen LogP contribution is 2.48. The third-order valence-corrected chi connectivity index (χ3v) is 5.72. The van der Waals surface area contributed by atoms with Crippen molar-refractivity contribution in [1.29, 1.82) is 0 Å². The number of methoxy groups -OCH3 is 1. The molecule has 2 aromatic carbocycles. The monoisotopic (exact) mass is 307 g/mol. The van der Waals surface area contributed by atoms with E-state index in [2.05, 4.69) is 54.7 Å². The molecule has 1 heterocycles. The predicted molar refractivity (Wildman–Crippen MR) is 94.2 cm³/mol. The summed E-state index contributed by atoms with van der Waals surface area (Å²) < 4.78 is 5.52. The topological polar surface area (TPSA) is 21.3 Å². The molecule has 0 aromatic heterocycles. The lowest BCUT2D eigenvalue weighted by atomic mass is 9.71. The number of hydrogen-bond donors (Lipinski definition) is 1. The number of benzene rings is 2. The van der Waals surface area contributed by atoms with Crippen LogP contribution in [0.2, 0.25) is 0 Å². The van der Waals surface area contributed by atoms with Gasteiger partial charge in [0.2, 0.25) is 0 Å². The Hall–Kier alpha value is -1.80. The van der Waals surface area contributed by atoms with E-state index >= 15 is 0 Å². The van der Waals surface area contributed by atoms with Crippen molar-refractivity contribution < 1.29 is 4.74 Å². The molecular formula is C21H25NO. The molecule has 1 aliphatic heterocycles. The Balaban J connectivity index is 1.83. The molecule has 0 amide bonds. The minimum absolute atomic E-state index is 0.294. The quantitative estimate of drug-likeness (QED) is 0.881. The van der Waals surface area contributed by atoms with E-state index in [1.807, 2.05) is 0 Å². The van der Waals surface area contributed by atoms with Crippen LogP contribution in [0.15, 0.2) is 42.5 Å². The van der Waals surface area contributed by atoms with Crippen LogP contribution in [-0.2, 0) is 5.41 Å². The molecule has 1 aliphatic carbocycles. The van der Waals surface area contributed by atoms with Gasteiger partial charge < -0.3 is 10.1 Å². The molecule has 1 fully saturated rings. The Labute approximate surface area is 138 Å². The van der Waals surface area contributed by atoms with Crippen molar-refractivity contribution in [3.63, 3.8) is 0 Å². The summed E-state index contributed by atoms with van der Waals surface area (Å²) in [5.74, 6) is 0.986. The van der Waals surface area contributed by atoms with Crippen LogP contribution >= 0.6 is 0 Å². The summed E-state index contributed by atoms with van der Waals surface area (Å²) in [6, 6.07) is 15.8. The molecule has 120 valence electrons. The molecular weight excluding hydrogens is 282 g/mol. The van der Waals surface area contributed by atoms with Gasteiger partial charge in [0.25, 0.3) is 0 Å². The van der Waals surface area contributed by atoms with E-state index < -0.39 is 0 Å². The van der Waals surface area contributed by atoms with Crippen molar-refractivity contribution in [1.82, 2.24) is 5.32 Å². The number of hydrogen-bond acceptors (Lipinski definition) is 2. The van der Waals surface area contributed by atoms with E-state index in [4.69, 9.17) is 4.74 Å². The smallest absolute Gasteiger partial charge is 0.119 e. The van der Waals surface area contributed by atoms with E-state index in [1.165, 1.54) is 47.9 Å². The second kappa shape index (κ2) is 5.68. The standard InChI is InChI=1S/C21H25NO/c1-15-6-5-7-16(12-15)20-18-9-8-17(23-2)13-19(18)21(14-22-20)10-3-4-11-21/h5-9,12-13,20,22H,3-4,10-11,14H2,1-2H3. The Kier molecular flexibility index (Phi) is 3.65. The molecule has 2 aliphatic rings. The van der Waals surface area contributed by atoms with Gasteiger partial charge in [-0.3, -0.25) is 0 Å². The number of fused-ring (bicyclic) bond motifs is 2. The summed E-state index contributed by atoms with van der Waals surface area (Å²) in [5.41, 5.74) is 5.94. The predicted octanol–water partition coefficient (Wildman–Crippen LogP) is 4.51. The van der Waals surface area contributed by atoms with Crippen molar-refractivity contribution in [3.05, 3.63) is 64.7 Å². The molecule has 2 nitrogen and oxygen atoms in total. The van der Waals surface area contributed by atoms with Gasteiger partial charge >= 0.3 is 0 Å². The first-order chi connectivity index (χ1) is 11.2. The van der Waals surface area contributed by atoms with Crippen LogP contribution in [0.25, 0.3) is 0 Å². The van der Waals surface area contributed by atoms with Crippen LogP contribution < -0.4 is 10.1 Å². The number of ether oxygens (including phenoxy) is 1. The minimum atomic E-state index is 0.294. The van der Waals surface area contributed by atoms with Crippen LogP contribution in [-0.4, -0.2) is 13.7 Å². The van der Waals surface area contributed by atoms with Gasteiger partial charge in [0.1, 0.15) is 5.75 Å². The maximum atomic E-state index is 5.52. The maximum absolute atomic E-state index is 5.52. The first-order valence-corrected chi connectivity index (χ1v) is 8.70. The second-order valence-corrected chi connectivity index (χ2v) is 7.17. The highest BCUT2D eigenvalue weighted by atomic mass is 16.5. The lowest BCUT2D eigenvalue weighted by Gasteiger charge is -2.41. The fraction of sp³-hybridized carbons (Fsp3) is 0.429. The molecule has 1 unspecified atom stereocenters. The summed E-state index contributed by atoms with van der Waals surface area (Å²) in [6.07, 6.45) is 5.27. The minimum Gasteiger partial charge on any atom is -0.497 e. The molecule has 4 rings (SSSR count). The summed E-state index contributed by atoms with van der Waals surface area (Å²) >= 11 is 0. The Morgan fingerprint density at radius 3 is 2.65 bits per heavy atom. The van der Waals surface area contributed by atoms with Gasteiger partial charge in [-0.2, -0.15) is 0 Å². The largest absolute Gasteiger partial charge is 0.497 e. The summed E-state index contributed by atoms with van der Waals surface area (Å²) in [7, 11) is 1.77.